The third-order valence-electron chi connectivity index (χ3n) is 3.32. The minimum atomic E-state index is -0.242. The van der Waals surface area contributed by atoms with Crippen LogP contribution in [0.3, 0.4) is 0 Å². The van der Waals surface area contributed by atoms with Gasteiger partial charge in [-0.25, -0.2) is 5.43 Å². The summed E-state index contributed by atoms with van der Waals surface area (Å²) >= 11 is 0. The number of aryl methyl sites for hydroxylation is 1. The smallest absolute Gasteiger partial charge is 0.267 e. The fourth-order valence-electron chi connectivity index (χ4n) is 2.10. The first-order valence-corrected chi connectivity index (χ1v) is 6.97. The molecule has 0 radical (unpaired) electrons. The van der Waals surface area contributed by atoms with E-state index >= 15 is 0 Å². The van der Waals surface area contributed by atoms with Crippen molar-refractivity contribution in [3.8, 4) is 0 Å². The lowest BCUT2D eigenvalue weighted by molar-refractivity contribution is 0.0955. The van der Waals surface area contributed by atoms with Gasteiger partial charge in [-0.1, -0.05) is 35.9 Å². The molecule has 0 saturated heterocycles. The average Bonchev–Trinajstić information content (AvgIpc) is 2.56. The Labute approximate surface area is 128 Å². The molecular weight excluding hydrogens is 274 g/mol. The van der Waals surface area contributed by atoms with E-state index in [2.05, 4.69) is 15.5 Å². The monoisotopic (exact) mass is 289 g/mol. The normalized spacial score (nSPS) is 11.0. The van der Waals surface area contributed by atoms with E-state index in [-0.39, 0.29) is 5.91 Å². The quantitative estimate of drug-likeness (QED) is 0.594. The van der Waals surface area contributed by atoms with Crippen molar-refractivity contribution in [1.29, 1.82) is 0 Å². The lowest BCUT2D eigenvalue weighted by Gasteiger charge is -2.02. The summed E-state index contributed by atoms with van der Waals surface area (Å²) in [7, 11) is 0. The summed E-state index contributed by atoms with van der Waals surface area (Å²) in [5, 5.41) is 4.92. The Morgan fingerprint density at radius 2 is 1.95 bits per heavy atom. The second kappa shape index (κ2) is 6.18. The zero-order valence-electron chi connectivity index (χ0n) is 12.2. The molecule has 0 aliphatic heterocycles. The Balaban J connectivity index is 1.71. The molecule has 0 unspecified atom stereocenters. The Kier molecular flexibility index (Phi) is 3.92. The molecular formula is C18H15N3O. The molecule has 2 aromatic carbocycles. The number of carbonyl (C=O) groups excluding carboxylic acids is 1. The van der Waals surface area contributed by atoms with E-state index in [1.165, 1.54) is 5.56 Å². The molecule has 1 N–H and O–H groups in total. The molecule has 0 saturated carbocycles. The molecule has 108 valence electrons. The van der Waals surface area contributed by atoms with Crippen LogP contribution in [0.25, 0.3) is 10.9 Å². The summed E-state index contributed by atoms with van der Waals surface area (Å²) in [5.41, 5.74) is 6.08. The summed E-state index contributed by atoms with van der Waals surface area (Å²) in [6.07, 6.45) is 3.36. The van der Waals surface area contributed by atoms with E-state index in [0.717, 1.165) is 16.5 Å². The van der Waals surface area contributed by atoms with Crippen LogP contribution in [-0.2, 0) is 0 Å². The topological polar surface area (TPSA) is 54.4 Å². The first-order valence-electron chi connectivity index (χ1n) is 6.97. The van der Waals surface area contributed by atoms with Crippen molar-refractivity contribution < 1.29 is 4.79 Å². The fraction of sp³-hybridized carbons (Fsp3) is 0.0556. The number of hydrazone groups is 1. The number of amides is 1. The second-order valence-corrected chi connectivity index (χ2v) is 5.02. The van der Waals surface area contributed by atoms with Crippen molar-refractivity contribution in [2.45, 2.75) is 6.92 Å². The van der Waals surface area contributed by atoms with Gasteiger partial charge in [0.1, 0.15) is 0 Å². The maximum Gasteiger partial charge on any atom is 0.271 e. The number of hydrogen-bond donors (Lipinski definition) is 1. The van der Waals surface area contributed by atoms with Crippen molar-refractivity contribution in [2.24, 2.45) is 5.10 Å². The summed E-state index contributed by atoms with van der Waals surface area (Å²) in [6.45, 7) is 2.03. The lowest BCUT2D eigenvalue weighted by Crippen LogP contribution is -2.17. The Morgan fingerprint density at radius 3 is 2.77 bits per heavy atom. The van der Waals surface area contributed by atoms with Gasteiger partial charge in [0.2, 0.25) is 0 Å². The SMILES string of the molecule is Cc1ccc(C=NNC(=O)c2ccc3ncccc3c2)cc1. The van der Waals surface area contributed by atoms with Crippen LogP contribution in [0.5, 0.6) is 0 Å². The van der Waals surface area contributed by atoms with E-state index in [1.807, 2.05) is 49.4 Å². The molecule has 1 heterocycles. The molecule has 0 aliphatic rings. The molecule has 0 bridgehead atoms. The van der Waals surface area contributed by atoms with E-state index < -0.39 is 0 Å². The highest BCUT2D eigenvalue weighted by Crippen LogP contribution is 2.13. The number of aromatic nitrogens is 1. The van der Waals surface area contributed by atoms with Crippen LogP contribution >= 0.6 is 0 Å². The molecule has 3 rings (SSSR count). The zero-order valence-corrected chi connectivity index (χ0v) is 12.2. The predicted octanol–water partition coefficient (Wildman–Crippen LogP) is 3.31. The van der Waals surface area contributed by atoms with E-state index in [1.54, 1.807) is 24.5 Å². The van der Waals surface area contributed by atoms with E-state index in [4.69, 9.17) is 0 Å². The Bertz CT molecular complexity index is 838. The van der Waals surface area contributed by atoms with Crippen molar-refractivity contribution in [2.75, 3.05) is 0 Å². The molecule has 0 atom stereocenters. The first-order chi connectivity index (χ1) is 10.7. The van der Waals surface area contributed by atoms with Gasteiger partial charge in [0.25, 0.3) is 5.91 Å². The highest BCUT2D eigenvalue weighted by molar-refractivity contribution is 5.98. The van der Waals surface area contributed by atoms with Gasteiger partial charge in [-0.15, -0.1) is 0 Å². The van der Waals surface area contributed by atoms with Gasteiger partial charge >= 0.3 is 0 Å². The van der Waals surface area contributed by atoms with Crippen LogP contribution in [-0.4, -0.2) is 17.1 Å². The van der Waals surface area contributed by atoms with Crippen LogP contribution in [0.1, 0.15) is 21.5 Å². The average molecular weight is 289 g/mol. The van der Waals surface area contributed by atoms with E-state index in [9.17, 15) is 4.79 Å². The maximum atomic E-state index is 12.1. The van der Waals surface area contributed by atoms with Gasteiger partial charge in [-0.2, -0.15) is 5.10 Å². The number of nitrogens with one attached hydrogen (secondary N) is 1. The van der Waals surface area contributed by atoms with Crippen LogP contribution in [0.4, 0.5) is 0 Å². The predicted molar refractivity (Wildman–Crippen MR) is 88.0 cm³/mol. The third kappa shape index (κ3) is 3.17. The molecule has 4 nitrogen and oxygen atoms in total. The van der Waals surface area contributed by atoms with Crippen LogP contribution in [0.2, 0.25) is 0 Å². The molecule has 0 spiro atoms. The number of pyridine rings is 1. The standard InChI is InChI=1S/C18H15N3O/c1-13-4-6-14(7-5-13)12-20-21-18(22)16-8-9-17-15(11-16)3-2-10-19-17/h2-12H,1H3,(H,21,22). The highest BCUT2D eigenvalue weighted by Gasteiger charge is 2.05. The second-order valence-electron chi connectivity index (χ2n) is 5.02. The number of fused-ring (bicyclic) bond motifs is 1. The van der Waals surface area contributed by atoms with Gasteiger partial charge in [0.15, 0.2) is 0 Å². The zero-order chi connectivity index (χ0) is 15.4. The van der Waals surface area contributed by atoms with Crippen LogP contribution in [0.15, 0.2) is 65.9 Å². The molecule has 4 heteroatoms. The maximum absolute atomic E-state index is 12.1. The van der Waals surface area contributed by atoms with Crippen molar-refractivity contribution in [3.63, 3.8) is 0 Å². The van der Waals surface area contributed by atoms with Crippen LogP contribution in [0, 0.1) is 6.92 Å². The summed E-state index contributed by atoms with van der Waals surface area (Å²) in [6, 6.07) is 17.0. The summed E-state index contributed by atoms with van der Waals surface area (Å²) < 4.78 is 0. The molecule has 0 fully saturated rings. The third-order valence-corrected chi connectivity index (χ3v) is 3.32. The number of nitrogens with zero attached hydrogens (tertiary/aromatic N) is 2. The minimum absolute atomic E-state index is 0.242. The Hall–Kier alpha value is -3.01. The fourth-order valence-corrected chi connectivity index (χ4v) is 2.10. The van der Waals surface area contributed by atoms with E-state index in [0.29, 0.717) is 5.56 Å². The minimum Gasteiger partial charge on any atom is -0.267 e. The van der Waals surface area contributed by atoms with Crippen molar-refractivity contribution >= 4 is 23.0 Å². The summed E-state index contributed by atoms with van der Waals surface area (Å²) in [4.78, 5) is 16.3. The largest absolute Gasteiger partial charge is 0.271 e. The highest BCUT2D eigenvalue weighted by atomic mass is 16.2. The van der Waals surface area contributed by atoms with Gasteiger partial charge < -0.3 is 0 Å². The van der Waals surface area contributed by atoms with Gasteiger partial charge in [0, 0.05) is 17.1 Å². The number of carbonyl (C=O) groups is 1. The molecule has 0 aliphatic carbocycles. The first kappa shape index (κ1) is 13.9. The molecule has 1 amide bonds. The lowest BCUT2D eigenvalue weighted by atomic mass is 10.1. The van der Waals surface area contributed by atoms with Gasteiger partial charge in [-0.05, 0) is 36.8 Å². The summed E-state index contributed by atoms with van der Waals surface area (Å²) in [5.74, 6) is -0.242. The molecule has 3 aromatic rings. The Morgan fingerprint density at radius 1 is 1.14 bits per heavy atom. The van der Waals surface area contributed by atoms with Crippen molar-refractivity contribution in [3.05, 3.63) is 77.5 Å². The van der Waals surface area contributed by atoms with Crippen LogP contribution < -0.4 is 5.43 Å². The number of benzene rings is 2. The van der Waals surface area contributed by atoms with Gasteiger partial charge in [-0.3, -0.25) is 9.78 Å². The van der Waals surface area contributed by atoms with Crippen molar-refractivity contribution in [1.82, 2.24) is 10.4 Å². The molecule has 1 aromatic heterocycles. The molecule has 22 heavy (non-hydrogen) atoms. The number of rotatable bonds is 3. The number of hydrogen-bond acceptors (Lipinski definition) is 3. The van der Waals surface area contributed by atoms with Gasteiger partial charge in [0.05, 0.1) is 11.7 Å².